The molecule has 3 aromatic rings. The van der Waals surface area contributed by atoms with E-state index in [0.29, 0.717) is 22.6 Å². The summed E-state index contributed by atoms with van der Waals surface area (Å²) in [5.74, 6) is 1.44. The number of benzene rings is 2. The molecule has 1 fully saturated rings. The fourth-order valence-electron chi connectivity index (χ4n) is 4.30. The topological polar surface area (TPSA) is 87.1 Å². The molecule has 9 nitrogen and oxygen atoms in total. The number of rotatable bonds is 6. The summed E-state index contributed by atoms with van der Waals surface area (Å²) in [6.45, 7) is 4.13. The maximum absolute atomic E-state index is 12.5. The summed E-state index contributed by atoms with van der Waals surface area (Å²) in [5.41, 5.74) is 3.85. The Morgan fingerprint density at radius 1 is 1.16 bits per heavy atom. The zero-order chi connectivity index (χ0) is 22.2. The van der Waals surface area contributed by atoms with Crippen molar-refractivity contribution >= 4 is 22.7 Å². The summed E-state index contributed by atoms with van der Waals surface area (Å²) < 4.78 is 23.9. The van der Waals surface area contributed by atoms with Gasteiger partial charge >= 0.3 is 5.97 Å². The molecule has 3 heterocycles. The van der Waals surface area contributed by atoms with Crippen molar-refractivity contribution in [1.82, 2.24) is 14.5 Å². The minimum Gasteiger partial charge on any atom is -0.493 e. The highest BCUT2D eigenvalue weighted by Crippen LogP contribution is 2.42. The number of methoxy groups -OCH3 is 2. The minimum atomic E-state index is -0.619. The first-order valence-electron chi connectivity index (χ1n) is 10.6. The number of morpholine rings is 1. The number of carbonyl (C=O) groups excluding carboxylic acids is 1. The van der Waals surface area contributed by atoms with Crippen LogP contribution < -0.4 is 14.8 Å². The van der Waals surface area contributed by atoms with Crippen LogP contribution in [0.1, 0.15) is 28.0 Å². The number of aryl methyl sites for hydroxylation is 1. The van der Waals surface area contributed by atoms with Crippen molar-refractivity contribution in [3.63, 3.8) is 0 Å². The number of cyclic esters (lactones) is 1. The number of anilines is 1. The second kappa shape index (κ2) is 8.33. The predicted molar refractivity (Wildman–Crippen MR) is 118 cm³/mol. The van der Waals surface area contributed by atoms with Gasteiger partial charge in [0.1, 0.15) is 11.4 Å². The lowest BCUT2D eigenvalue weighted by Gasteiger charge is -2.26. The number of hydrogen-bond donors (Lipinski definition) is 1. The fraction of sp³-hybridized carbons (Fsp3) is 0.391. The van der Waals surface area contributed by atoms with Crippen LogP contribution in [0.4, 0.5) is 5.69 Å². The Balaban J connectivity index is 1.40. The molecule has 0 spiro atoms. The molecule has 32 heavy (non-hydrogen) atoms. The van der Waals surface area contributed by atoms with Gasteiger partial charge in [0.15, 0.2) is 11.5 Å². The van der Waals surface area contributed by atoms with E-state index in [1.807, 2.05) is 31.3 Å². The van der Waals surface area contributed by atoms with E-state index in [1.165, 1.54) is 14.2 Å². The molecule has 1 aromatic heterocycles. The van der Waals surface area contributed by atoms with Gasteiger partial charge in [-0.1, -0.05) is 0 Å². The van der Waals surface area contributed by atoms with Gasteiger partial charge in [0.25, 0.3) is 0 Å². The molecule has 9 heteroatoms. The highest BCUT2D eigenvalue weighted by molar-refractivity contribution is 5.98. The van der Waals surface area contributed by atoms with Gasteiger partial charge in [0.05, 0.1) is 45.0 Å². The van der Waals surface area contributed by atoms with Gasteiger partial charge in [-0.25, -0.2) is 9.78 Å². The van der Waals surface area contributed by atoms with Gasteiger partial charge in [-0.05, 0) is 30.3 Å². The average molecular weight is 438 g/mol. The molecule has 0 bridgehead atoms. The Morgan fingerprint density at radius 2 is 1.97 bits per heavy atom. The van der Waals surface area contributed by atoms with Crippen LogP contribution in [0.3, 0.4) is 0 Å². The Bertz CT molecular complexity index is 1170. The van der Waals surface area contributed by atoms with E-state index < -0.39 is 12.2 Å². The Morgan fingerprint density at radius 3 is 2.72 bits per heavy atom. The fourth-order valence-corrected chi connectivity index (χ4v) is 4.30. The van der Waals surface area contributed by atoms with Crippen LogP contribution in [0.25, 0.3) is 11.0 Å². The number of aromatic nitrogens is 2. The maximum atomic E-state index is 12.5. The largest absolute Gasteiger partial charge is 0.493 e. The van der Waals surface area contributed by atoms with Gasteiger partial charge in [0, 0.05) is 31.4 Å². The molecule has 0 unspecified atom stereocenters. The second-order valence-corrected chi connectivity index (χ2v) is 7.87. The van der Waals surface area contributed by atoms with Gasteiger partial charge in [-0.15, -0.1) is 0 Å². The SMILES string of the molecule is COc1ccc2c(c1OC)C(=O)O[C@@H]2Nc1ccc2c(c1)nc(CN1CCOCC1)n2C. The van der Waals surface area contributed by atoms with Crippen LogP contribution in [0.15, 0.2) is 30.3 Å². The first-order chi connectivity index (χ1) is 15.6. The molecule has 1 atom stereocenters. The third kappa shape index (κ3) is 3.53. The highest BCUT2D eigenvalue weighted by atomic mass is 16.6. The summed E-state index contributed by atoms with van der Waals surface area (Å²) in [5, 5.41) is 3.30. The lowest BCUT2D eigenvalue weighted by Crippen LogP contribution is -2.36. The molecule has 5 rings (SSSR count). The average Bonchev–Trinajstić information content (AvgIpc) is 3.29. The predicted octanol–water partition coefficient (Wildman–Crippen LogP) is 2.70. The van der Waals surface area contributed by atoms with E-state index in [0.717, 1.165) is 55.4 Å². The number of imidazole rings is 1. The molecular weight excluding hydrogens is 412 g/mol. The van der Waals surface area contributed by atoms with Crippen molar-refractivity contribution in [1.29, 1.82) is 0 Å². The zero-order valence-electron chi connectivity index (χ0n) is 18.4. The maximum Gasteiger partial charge on any atom is 0.344 e. The van der Waals surface area contributed by atoms with Crippen molar-refractivity contribution in [2.75, 3.05) is 45.8 Å². The van der Waals surface area contributed by atoms with E-state index in [2.05, 4.69) is 14.8 Å². The van der Waals surface area contributed by atoms with Crippen molar-refractivity contribution < 1.29 is 23.7 Å². The molecule has 0 amide bonds. The summed E-state index contributed by atoms with van der Waals surface area (Å²) >= 11 is 0. The number of fused-ring (bicyclic) bond motifs is 2. The van der Waals surface area contributed by atoms with Crippen LogP contribution in [0.2, 0.25) is 0 Å². The lowest BCUT2D eigenvalue weighted by atomic mass is 10.1. The number of nitrogens with zero attached hydrogens (tertiary/aromatic N) is 3. The normalized spacial score (nSPS) is 18.5. The standard InChI is InChI=1S/C23H26N4O5/c1-26-17-6-4-14(12-16(17)25-19(26)13-27-8-10-31-11-9-27)24-22-15-5-7-18(29-2)21(30-3)20(15)23(28)32-22/h4-7,12,22,24H,8-11,13H2,1-3H3/t22-/m0/s1. The summed E-state index contributed by atoms with van der Waals surface area (Å²) in [7, 11) is 5.08. The molecular formula is C23H26N4O5. The number of esters is 1. The van der Waals surface area contributed by atoms with Crippen molar-refractivity contribution in [2.45, 2.75) is 12.8 Å². The molecule has 2 aliphatic heterocycles. The highest BCUT2D eigenvalue weighted by Gasteiger charge is 2.36. The number of nitrogens with one attached hydrogen (secondary N) is 1. The molecule has 0 radical (unpaired) electrons. The van der Waals surface area contributed by atoms with Crippen LogP contribution in [-0.2, 0) is 23.1 Å². The third-order valence-corrected chi connectivity index (χ3v) is 6.03. The number of carbonyl (C=O) groups is 1. The van der Waals surface area contributed by atoms with Gasteiger partial charge in [-0.3, -0.25) is 4.90 Å². The molecule has 2 aromatic carbocycles. The van der Waals surface area contributed by atoms with Crippen LogP contribution in [0.5, 0.6) is 11.5 Å². The Hall–Kier alpha value is -3.30. The van der Waals surface area contributed by atoms with Crippen LogP contribution >= 0.6 is 0 Å². The Kier molecular flexibility index (Phi) is 5.36. The minimum absolute atomic E-state index is 0.382. The summed E-state index contributed by atoms with van der Waals surface area (Å²) in [6.07, 6.45) is -0.619. The second-order valence-electron chi connectivity index (χ2n) is 7.87. The van der Waals surface area contributed by atoms with E-state index in [9.17, 15) is 4.79 Å². The molecule has 1 saturated heterocycles. The van der Waals surface area contributed by atoms with Crippen molar-refractivity contribution in [2.24, 2.45) is 7.05 Å². The molecule has 2 aliphatic rings. The number of ether oxygens (including phenoxy) is 4. The summed E-state index contributed by atoms with van der Waals surface area (Å²) in [6, 6.07) is 9.56. The first-order valence-corrected chi connectivity index (χ1v) is 10.6. The van der Waals surface area contributed by atoms with Crippen LogP contribution in [-0.4, -0.2) is 60.9 Å². The van der Waals surface area contributed by atoms with Crippen molar-refractivity contribution in [3.8, 4) is 11.5 Å². The first kappa shape index (κ1) is 20.6. The number of hydrogen-bond acceptors (Lipinski definition) is 8. The molecule has 1 N–H and O–H groups in total. The van der Waals surface area contributed by atoms with Gasteiger partial charge in [-0.2, -0.15) is 0 Å². The quantitative estimate of drug-likeness (QED) is 0.588. The molecule has 168 valence electrons. The monoisotopic (exact) mass is 438 g/mol. The lowest BCUT2D eigenvalue weighted by molar-refractivity contribution is 0.0327. The van der Waals surface area contributed by atoms with E-state index in [1.54, 1.807) is 6.07 Å². The summed E-state index contributed by atoms with van der Waals surface area (Å²) in [4.78, 5) is 19.7. The van der Waals surface area contributed by atoms with Gasteiger partial charge in [0.2, 0.25) is 6.23 Å². The zero-order valence-corrected chi connectivity index (χ0v) is 18.4. The van der Waals surface area contributed by atoms with Crippen LogP contribution in [0, 0.1) is 0 Å². The third-order valence-electron chi connectivity index (χ3n) is 6.03. The smallest absolute Gasteiger partial charge is 0.344 e. The van der Waals surface area contributed by atoms with E-state index in [-0.39, 0.29) is 0 Å². The molecule has 0 aliphatic carbocycles. The molecule has 0 saturated carbocycles. The van der Waals surface area contributed by atoms with Crippen molar-refractivity contribution in [3.05, 3.63) is 47.3 Å². The van der Waals surface area contributed by atoms with E-state index >= 15 is 0 Å². The van der Waals surface area contributed by atoms with Gasteiger partial charge < -0.3 is 28.8 Å². The van der Waals surface area contributed by atoms with E-state index in [4.69, 9.17) is 23.9 Å². The Labute approximate surface area is 185 Å².